The number of carbonyl (C=O) groups excluding carboxylic acids is 1. The van der Waals surface area contributed by atoms with E-state index in [1.165, 1.54) is 0 Å². The van der Waals surface area contributed by atoms with Gasteiger partial charge in [0.1, 0.15) is 0 Å². The third-order valence-electron chi connectivity index (χ3n) is 5.18. The number of ketones is 1. The Morgan fingerprint density at radius 2 is 1.68 bits per heavy atom. The highest BCUT2D eigenvalue weighted by Crippen LogP contribution is 2.25. The number of nitrogens with two attached hydrogens (primary N) is 1. The number of piperazine rings is 1. The Morgan fingerprint density at radius 1 is 0.964 bits per heavy atom. The Kier molecular flexibility index (Phi) is 5.35. The van der Waals surface area contributed by atoms with Gasteiger partial charge in [-0.2, -0.15) is 0 Å². The number of carbonyl (C=O) groups is 1. The first-order valence-corrected chi connectivity index (χ1v) is 9.58. The van der Waals surface area contributed by atoms with Gasteiger partial charge in [-0.05, 0) is 65.2 Å². The molecule has 5 heteroatoms. The van der Waals surface area contributed by atoms with E-state index in [4.69, 9.17) is 5.73 Å². The van der Waals surface area contributed by atoms with Crippen LogP contribution in [0.1, 0.15) is 15.9 Å². The van der Waals surface area contributed by atoms with Crippen LogP contribution < -0.4 is 16.0 Å². The number of hydrogen-bond acceptors (Lipinski definition) is 5. The third kappa shape index (κ3) is 4.05. The molecule has 1 fully saturated rings. The van der Waals surface area contributed by atoms with Gasteiger partial charge < -0.3 is 16.0 Å². The number of benzene rings is 2. The van der Waals surface area contributed by atoms with Crippen molar-refractivity contribution in [2.24, 2.45) is 0 Å². The average Bonchev–Trinajstić information content (AvgIpc) is 2.76. The number of pyridine rings is 1. The Balaban J connectivity index is 1.50. The van der Waals surface area contributed by atoms with Gasteiger partial charge in [0.25, 0.3) is 0 Å². The molecule has 0 radical (unpaired) electrons. The van der Waals surface area contributed by atoms with Crippen LogP contribution in [0.2, 0.25) is 0 Å². The molecule has 2 aromatic carbocycles. The molecular formula is C23H24N4O. The van der Waals surface area contributed by atoms with Crippen molar-refractivity contribution in [3.63, 3.8) is 0 Å². The van der Waals surface area contributed by atoms with E-state index < -0.39 is 0 Å². The number of nitrogen functional groups attached to an aromatic ring is 1. The molecule has 0 aliphatic carbocycles. The smallest absolute Gasteiger partial charge is 0.167 e. The molecule has 28 heavy (non-hydrogen) atoms. The molecule has 3 N–H and O–H groups in total. The summed E-state index contributed by atoms with van der Waals surface area (Å²) in [6.07, 6.45) is 3.81. The lowest BCUT2D eigenvalue weighted by Crippen LogP contribution is -2.43. The summed E-state index contributed by atoms with van der Waals surface area (Å²) in [6, 6.07) is 17.7. The van der Waals surface area contributed by atoms with Gasteiger partial charge in [0.2, 0.25) is 0 Å². The second-order valence-corrected chi connectivity index (χ2v) is 7.03. The summed E-state index contributed by atoms with van der Waals surface area (Å²) < 4.78 is 0. The fraction of sp³-hybridized carbons (Fsp3) is 0.217. The quantitative estimate of drug-likeness (QED) is 0.532. The predicted octanol–water partition coefficient (Wildman–Crippen LogP) is 3.17. The van der Waals surface area contributed by atoms with Gasteiger partial charge in [-0.3, -0.25) is 9.78 Å². The van der Waals surface area contributed by atoms with Crippen molar-refractivity contribution in [2.45, 2.75) is 6.42 Å². The maximum atomic E-state index is 12.8. The monoisotopic (exact) mass is 372 g/mol. The zero-order valence-corrected chi connectivity index (χ0v) is 15.8. The molecule has 0 unspecified atom stereocenters. The lowest BCUT2D eigenvalue weighted by Gasteiger charge is -2.29. The minimum atomic E-state index is 0.0745. The summed E-state index contributed by atoms with van der Waals surface area (Å²) in [4.78, 5) is 19.2. The van der Waals surface area contributed by atoms with Crippen molar-refractivity contribution in [3.8, 4) is 11.1 Å². The molecule has 0 saturated carbocycles. The largest absolute Gasteiger partial charge is 0.398 e. The molecule has 1 saturated heterocycles. The second kappa shape index (κ2) is 8.23. The topological polar surface area (TPSA) is 71.2 Å². The molecule has 0 atom stereocenters. The van der Waals surface area contributed by atoms with Crippen molar-refractivity contribution < 1.29 is 4.79 Å². The van der Waals surface area contributed by atoms with E-state index in [0.717, 1.165) is 48.6 Å². The Labute approximate surface area is 165 Å². The number of rotatable bonds is 5. The molecule has 3 aromatic rings. The lowest BCUT2D eigenvalue weighted by atomic mass is 9.97. The Bertz CT molecular complexity index is 948. The first-order valence-electron chi connectivity index (χ1n) is 9.58. The molecule has 1 aliphatic rings. The number of Topliss-reactive ketones (excluding diaryl/α,β-unsaturated/α-hetero) is 1. The molecule has 0 spiro atoms. The zero-order chi connectivity index (χ0) is 19.3. The van der Waals surface area contributed by atoms with Gasteiger partial charge in [0.05, 0.1) is 0 Å². The fourth-order valence-corrected chi connectivity index (χ4v) is 3.54. The summed E-state index contributed by atoms with van der Waals surface area (Å²) in [5.74, 6) is 0.0745. The molecule has 1 aliphatic heterocycles. The second-order valence-electron chi connectivity index (χ2n) is 7.03. The van der Waals surface area contributed by atoms with Crippen LogP contribution in [0.15, 0.2) is 67.0 Å². The van der Waals surface area contributed by atoms with E-state index in [-0.39, 0.29) is 12.2 Å². The summed E-state index contributed by atoms with van der Waals surface area (Å²) in [5, 5.41) is 3.35. The molecule has 142 valence electrons. The van der Waals surface area contributed by atoms with Crippen LogP contribution >= 0.6 is 0 Å². The van der Waals surface area contributed by atoms with Crippen molar-refractivity contribution in [1.29, 1.82) is 0 Å². The highest BCUT2D eigenvalue weighted by Gasteiger charge is 2.13. The minimum absolute atomic E-state index is 0.0745. The van der Waals surface area contributed by atoms with Gasteiger partial charge >= 0.3 is 0 Å². The molecule has 1 aromatic heterocycles. The maximum Gasteiger partial charge on any atom is 0.167 e. The molecule has 2 heterocycles. The van der Waals surface area contributed by atoms with Crippen molar-refractivity contribution in [3.05, 3.63) is 78.1 Å². The summed E-state index contributed by atoms with van der Waals surface area (Å²) in [6.45, 7) is 3.97. The standard InChI is InChI=1S/C23H24N4O/c24-22-6-3-19(17-7-9-25-10-8-17)15-20(22)16-23(28)18-1-4-21(5-2-18)27-13-11-26-12-14-27/h1-10,15,26H,11-14,16,24H2. The molecule has 4 rings (SSSR count). The van der Waals surface area contributed by atoms with E-state index in [0.29, 0.717) is 11.3 Å². The Morgan fingerprint density at radius 3 is 2.39 bits per heavy atom. The van der Waals surface area contributed by atoms with Crippen LogP contribution in [0.4, 0.5) is 11.4 Å². The molecule has 5 nitrogen and oxygen atoms in total. The van der Waals surface area contributed by atoms with E-state index in [2.05, 4.69) is 15.2 Å². The molecule has 0 bridgehead atoms. The van der Waals surface area contributed by atoms with Gasteiger partial charge in [-0.25, -0.2) is 0 Å². The molecule has 0 amide bonds. The SMILES string of the molecule is Nc1ccc(-c2ccncc2)cc1CC(=O)c1ccc(N2CCNCC2)cc1. The van der Waals surface area contributed by atoms with Crippen LogP contribution in [-0.4, -0.2) is 36.9 Å². The Hall–Kier alpha value is -3.18. The van der Waals surface area contributed by atoms with Gasteiger partial charge in [-0.15, -0.1) is 0 Å². The maximum absolute atomic E-state index is 12.8. The fourth-order valence-electron chi connectivity index (χ4n) is 3.54. The van der Waals surface area contributed by atoms with Gasteiger partial charge in [0.15, 0.2) is 5.78 Å². The summed E-state index contributed by atoms with van der Waals surface area (Å²) in [5.41, 5.74) is 11.6. The van der Waals surface area contributed by atoms with Crippen molar-refractivity contribution in [2.75, 3.05) is 36.8 Å². The first-order chi connectivity index (χ1) is 13.7. The van der Waals surface area contributed by atoms with Crippen LogP contribution in [0.5, 0.6) is 0 Å². The van der Waals surface area contributed by atoms with E-state index in [1.54, 1.807) is 12.4 Å². The van der Waals surface area contributed by atoms with Crippen LogP contribution in [-0.2, 0) is 6.42 Å². The lowest BCUT2D eigenvalue weighted by molar-refractivity contribution is 0.0993. The number of nitrogens with zero attached hydrogens (tertiary/aromatic N) is 2. The van der Waals surface area contributed by atoms with E-state index >= 15 is 0 Å². The van der Waals surface area contributed by atoms with Gasteiger partial charge in [-0.1, -0.05) is 6.07 Å². The first kappa shape index (κ1) is 18.2. The predicted molar refractivity (Wildman–Crippen MR) is 114 cm³/mol. The highest BCUT2D eigenvalue weighted by molar-refractivity contribution is 5.98. The van der Waals surface area contributed by atoms with Crippen LogP contribution in [0, 0.1) is 0 Å². The third-order valence-corrected chi connectivity index (χ3v) is 5.18. The zero-order valence-electron chi connectivity index (χ0n) is 15.8. The minimum Gasteiger partial charge on any atom is -0.398 e. The van der Waals surface area contributed by atoms with Crippen molar-refractivity contribution in [1.82, 2.24) is 10.3 Å². The van der Waals surface area contributed by atoms with Crippen LogP contribution in [0.3, 0.4) is 0 Å². The van der Waals surface area contributed by atoms with Gasteiger partial charge in [0, 0.05) is 61.9 Å². The van der Waals surface area contributed by atoms with E-state index in [9.17, 15) is 4.79 Å². The number of aromatic nitrogens is 1. The van der Waals surface area contributed by atoms with Crippen LogP contribution in [0.25, 0.3) is 11.1 Å². The van der Waals surface area contributed by atoms with Crippen molar-refractivity contribution >= 4 is 17.2 Å². The number of hydrogen-bond donors (Lipinski definition) is 2. The number of anilines is 2. The normalized spacial score (nSPS) is 14.1. The summed E-state index contributed by atoms with van der Waals surface area (Å²) in [7, 11) is 0. The number of nitrogens with one attached hydrogen (secondary N) is 1. The average molecular weight is 372 g/mol. The highest BCUT2D eigenvalue weighted by atomic mass is 16.1. The molecular weight excluding hydrogens is 348 g/mol. The summed E-state index contributed by atoms with van der Waals surface area (Å²) >= 11 is 0. The van der Waals surface area contributed by atoms with E-state index in [1.807, 2.05) is 54.6 Å².